The summed E-state index contributed by atoms with van der Waals surface area (Å²) in [6.45, 7) is 2.03. The van der Waals surface area contributed by atoms with Crippen LogP contribution in [-0.2, 0) is 22.6 Å². The van der Waals surface area contributed by atoms with Crippen molar-refractivity contribution in [3.63, 3.8) is 0 Å². The molecule has 1 atom stereocenters. The minimum Gasteiger partial charge on any atom is -0.493 e. The Morgan fingerprint density at radius 1 is 1.05 bits per heavy atom. The first kappa shape index (κ1) is 28.2. The summed E-state index contributed by atoms with van der Waals surface area (Å²) in [5.41, 5.74) is 2.39. The highest BCUT2D eigenvalue weighted by Gasteiger charge is 2.35. The summed E-state index contributed by atoms with van der Waals surface area (Å²) in [5.74, 6) is 1.82. The monoisotopic (exact) mass is 559 g/mol. The molecule has 1 aliphatic carbocycles. The molecule has 5 rings (SSSR count). The number of carbonyl (C=O) groups is 2. The number of hydrogen-bond acceptors (Lipinski definition) is 7. The Morgan fingerprint density at radius 3 is 2.56 bits per heavy atom. The lowest BCUT2D eigenvalue weighted by Crippen LogP contribution is -2.48. The highest BCUT2D eigenvalue weighted by atomic mass is 16.5. The van der Waals surface area contributed by atoms with Gasteiger partial charge in [-0.15, -0.1) is 5.10 Å². The smallest absolute Gasteiger partial charge is 0.250 e. The van der Waals surface area contributed by atoms with Gasteiger partial charge in [0.05, 0.1) is 19.7 Å². The molecule has 41 heavy (non-hydrogen) atoms. The second-order valence-electron chi connectivity index (χ2n) is 10.5. The zero-order chi connectivity index (χ0) is 28.8. The van der Waals surface area contributed by atoms with Gasteiger partial charge in [-0.05, 0) is 68.1 Å². The van der Waals surface area contributed by atoms with Gasteiger partial charge >= 0.3 is 0 Å². The van der Waals surface area contributed by atoms with E-state index in [1.54, 1.807) is 29.9 Å². The summed E-state index contributed by atoms with van der Waals surface area (Å²) in [6, 6.07) is 15.9. The summed E-state index contributed by atoms with van der Waals surface area (Å²) in [5, 5.41) is 11.6. The molecule has 10 heteroatoms. The Kier molecular flexibility index (Phi) is 8.86. The van der Waals surface area contributed by atoms with E-state index in [0.29, 0.717) is 35.0 Å². The molecule has 1 fully saturated rings. The van der Waals surface area contributed by atoms with E-state index in [0.717, 1.165) is 36.8 Å². The zero-order valence-electron chi connectivity index (χ0n) is 23.8. The van der Waals surface area contributed by atoms with Crippen LogP contribution in [0.5, 0.6) is 11.5 Å². The topological polar surface area (TPSA) is 112 Å². The van der Waals surface area contributed by atoms with Gasteiger partial charge in [0.2, 0.25) is 5.91 Å². The summed E-state index contributed by atoms with van der Waals surface area (Å²) >= 11 is 0. The van der Waals surface area contributed by atoms with Crippen molar-refractivity contribution in [3.8, 4) is 11.5 Å². The van der Waals surface area contributed by atoms with Gasteiger partial charge in [-0.25, -0.2) is 4.68 Å². The van der Waals surface area contributed by atoms with E-state index in [-0.39, 0.29) is 30.9 Å². The maximum absolute atomic E-state index is 14.1. The first-order valence-electron chi connectivity index (χ1n) is 14.1. The van der Waals surface area contributed by atoms with Crippen molar-refractivity contribution in [2.75, 3.05) is 20.8 Å². The number of nitrogens with one attached hydrogen (secondary N) is 1. The van der Waals surface area contributed by atoms with Gasteiger partial charge in [-0.3, -0.25) is 9.59 Å². The number of ether oxygens (including phenoxy) is 2. The maximum Gasteiger partial charge on any atom is 0.250 e. The Labute approximate surface area is 239 Å². The minimum atomic E-state index is -0.937. The normalized spacial score (nSPS) is 14.5. The predicted octanol–water partition coefficient (Wildman–Crippen LogP) is 4.61. The third-order valence-corrected chi connectivity index (χ3v) is 7.66. The molecule has 0 bridgehead atoms. The molecule has 0 aliphatic heterocycles. The fraction of sp³-hybridized carbons (Fsp3) is 0.419. The molecule has 10 nitrogen and oxygen atoms in total. The summed E-state index contributed by atoms with van der Waals surface area (Å²) in [4.78, 5) is 29.6. The van der Waals surface area contributed by atoms with Crippen LogP contribution >= 0.6 is 0 Å². The van der Waals surface area contributed by atoms with E-state index in [9.17, 15) is 9.59 Å². The molecule has 2 aromatic carbocycles. The van der Waals surface area contributed by atoms with Crippen LogP contribution in [0.25, 0.3) is 11.0 Å². The van der Waals surface area contributed by atoms with Crippen molar-refractivity contribution in [1.82, 2.24) is 25.2 Å². The lowest BCUT2D eigenvalue weighted by Gasteiger charge is -2.32. The van der Waals surface area contributed by atoms with Gasteiger partial charge in [-0.2, -0.15) is 0 Å². The molecule has 0 unspecified atom stereocenters. The van der Waals surface area contributed by atoms with E-state index >= 15 is 0 Å². The zero-order valence-corrected chi connectivity index (χ0v) is 23.8. The number of rotatable bonds is 11. The van der Waals surface area contributed by atoms with Crippen LogP contribution in [0.4, 0.5) is 0 Å². The largest absolute Gasteiger partial charge is 0.493 e. The van der Waals surface area contributed by atoms with Crippen LogP contribution in [0.2, 0.25) is 0 Å². The molecule has 4 aromatic rings. The van der Waals surface area contributed by atoms with Crippen LogP contribution in [0.1, 0.15) is 55.2 Å². The van der Waals surface area contributed by atoms with Crippen LogP contribution < -0.4 is 14.8 Å². The molecule has 0 radical (unpaired) electrons. The van der Waals surface area contributed by atoms with Crippen molar-refractivity contribution in [2.45, 2.75) is 64.1 Å². The molecule has 0 saturated heterocycles. The molecule has 0 spiro atoms. The number of methoxy groups -OCH3 is 2. The number of aromatic nitrogens is 3. The lowest BCUT2D eigenvalue weighted by molar-refractivity contribution is -0.142. The molecule has 2 heterocycles. The number of fused-ring (bicyclic) bond motifs is 1. The van der Waals surface area contributed by atoms with Gasteiger partial charge in [0.25, 0.3) is 5.91 Å². The first-order valence-corrected chi connectivity index (χ1v) is 14.1. The van der Waals surface area contributed by atoms with Gasteiger partial charge in [-0.1, -0.05) is 42.7 Å². The molecular weight excluding hydrogens is 522 g/mol. The molecule has 1 N–H and O–H groups in total. The van der Waals surface area contributed by atoms with Crippen molar-refractivity contribution in [2.24, 2.45) is 0 Å². The second-order valence-corrected chi connectivity index (χ2v) is 10.5. The fourth-order valence-corrected chi connectivity index (χ4v) is 5.49. The SMILES string of the molecule is COc1ccc(CCN(C(=O)Cn2nnc3ccccc32)[C@@H](C(=O)NC2CCCCC2)c2ccc(C)o2)cc1OC. The Bertz CT molecular complexity index is 1490. The summed E-state index contributed by atoms with van der Waals surface area (Å²) in [6.07, 6.45) is 5.68. The molecule has 1 saturated carbocycles. The number of furan rings is 1. The van der Waals surface area contributed by atoms with E-state index in [4.69, 9.17) is 13.9 Å². The Hall–Kier alpha value is -4.34. The third-order valence-electron chi connectivity index (χ3n) is 7.66. The van der Waals surface area contributed by atoms with Crippen LogP contribution in [0.15, 0.2) is 59.0 Å². The van der Waals surface area contributed by atoms with Crippen LogP contribution in [0, 0.1) is 6.92 Å². The second kappa shape index (κ2) is 12.9. The summed E-state index contributed by atoms with van der Waals surface area (Å²) in [7, 11) is 3.18. The van der Waals surface area contributed by atoms with Crippen molar-refractivity contribution in [3.05, 3.63) is 71.7 Å². The quantitative estimate of drug-likeness (QED) is 0.286. The van der Waals surface area contributed by atoms with Crippen molar-refractivity contribution in [1.29, 1.82) is 0 Å². The molecular formula is C31H37N5O5. The highest BCUT2D eigenvalue weighted by Crippen LogP contribution is 2.30. The number of para-hydroxylation sites is 1. The minimum absolute atomic E-state index is 0.0701. The molecule has 216 valence electrons. The van der Waals surface area contributed by atoms with Crippen molar-refractivity contribution >= 4 is 22.8 Å². The standard InChI is InChI=1S/C31H37N5O5/c1-21-13-15-27(41-21)30(31(38)32-23-9-5-4-6-10-23)35(18-17-22-14-16-26(39-2)28(19-22)40-3)29(37)20-36-25-12-8-7-11-24(25)33-34-36/h7-8,11-16,19,23,30H,4-6,9-10,17-18,20H2,1-3H3,(H,32,38)/t30-/m1/s1. The average Bonchev–Trinajstić information content (AvgIpc) is 3.61. The fourth-order valence-electron chi connectivity index (χ4n) is 5.49. The molecule has 2 aromatic heterocycles. The number of nitrogens with zero attached hydrogens (tertiary/aromatic N) is 4. The number of amides is 2. The summed E-state index contributed by atoms with van der Waals surface area (Å²) < 4.78 is 18.4. The molecule has 2 amide bonds. The van der Waals surface area contributed by atoms with Gasteiger partial charge in [0, 0.05) is 12.6 Å². The predicted molar refractivity (Wildman–Crippen MR) is 154 cm³/mol. The number of hydrogen-bond donors (Lipinski definition) is 1. The first-order chi connectivity index (χ1) is 20.0. The van der Waals surface area contributed by atoms with Crippen molar-refractivity contribution < 1.29 is 23.5 Å². The van der Waals surface area contributed by atoms with Crippen LogP contribution in [0.3, 0.4) is 0 Å². The third kappa shape index (κ3) is 6.53. The van der Waals surface area contributed by atoms with E-state index in [2.05, 4.69) is 15.6 Å². The molecule has 1 aliphatic rings. The number of benzene rings is 2. The van der Waals surface area contributed by atoms with Gasteiger partial charge in [0.1, 0.15) is 23.6 Å². The Balaban J connectivity index is 1.47. The van der Waals surface area contributed by atoms with Gasteiger partial charge < -0.3 is 24.1 Å². The number of carbonyl (C=O) groups excluding carboxylic acids is 2. The Morgan fingerprint density at radius 2 is 1.83 bits per heavy atom. The highest BCUT2D eigenvalue weighted by molar-refractivity contribution is 5.89. The van der Waals surface area contributed by atoms with E-state index < -0.39 is 6.04 Å². The lowest BCUT2D eigenvalue weighted by atomic mass is 9.95. The number of aryl methyl sites for hydroxylation is 1. The maximum atomic E-state index is 14.1. The average molecular weight is 560 g/mol. The van der Waals surface area contributed by atoms with Crippen LogP contribution in [-0.4, -0.2) is 58.5 Å². The van der Waals surface area contributed by atoms with Gasteiger partial charge in [0.15, 0.2) is 17.5 Å². The van der Waals surface area contributed by atoms with E-state index in [1.165, 1.54) is 6.42 Å². The van der Waals surface area contributed by atoms with E-state index in [1.807, 2.05) is 55.5 Å².